The lowest BCUT2D eigenvalue weighted by molar-refractivity contribution is -0.142. The third-order valence-corrected chi connectivity index (χ3v) is 4.50. The highest BCUT2D eigenvalue weighted by Gasteiger charge is 2.28. The van der Waals surface area contributed by atoms with Gasteiger partial charge in [0.1, 0.15) is 6.33 Å². The molecule has 130 valence electrons. The molecule has 0 amide bonds. The number of esters is 1. The fourth-order valence-corrected chi connectivity index (χ4v) is 3.26. The number of carbonyl (C=O) groups is 1. The topological polar surface area (TPSA) is 52.1 Å². The number of methoxy groups -OCH3 is 1. The van der Waals surface area contributed by atoms with Gasteiger partial charge < -0.3 is 4.74 Å². The van der Waals surface area contributed by atoms with Gasteiger partial charge in [0.15, 0.2) is 0 Å². The largest absolute Gasteiger partial charge is 0.469 e. The van der Waals surface area contributed by atoms with Crippen molar-refractivity contribution in [1.82, 2.24) is 9.97 Å². The Morgan fingerprint density at radius 3 is 2.44 bits per heavy atom. The van der Waals surface area contributed by atoms with Crippen LogP contribution in [0.3, 0.4) is 0 Å². The van der Waals surface area contributed by atoms with Crippen molar-refractivity contribution in [3.05, 3.63) is 60.2 Å². The molecule has 1 aromatic heterocycles. The van der Waals surface area contributed by atoms with Gasteiger partial charge in [0, 0.05) is 18.0 Å². The molecule has 0 bridgehead atoms. The molecule has 1 heterocycles. The molecule has 4 nitrogen and oxygen atoms in total. The normalized spacial score (nSPS) is 14.7. The molecule has 1 aromatic carbocycles. The number of hydrogen-bond acceptors (Lipinski definition) is 4. The van der Waals surface area contributed by atoms with Crippen LogP contribution in [0.2, 0.25) is 0 Å². The van der Waals surface area contributed by atoms with Gasteiger partial charge in [-0.3, -0.25) is 4.79 Å². The molecule has 3 rings (SSSR count). The number of terminal acetylenes is 1. The highest BCUT2D eigenvalue weighted by Crippen LogP contribution is 2.35. The quantitative estimate of drug-likeness (QED) is 0.626. The van der Waals surface area contributed by atoms with Crippen LogP contribution in [-0.4, -0.2) is 23.0 Å². The zero-order valence-corrected chi connectivity index (χ0v) is 14.6. The van der Waals surface area contributed by atoms with Crippen molar-refractivity contribution < 1.29 is 9.53 Å². The zero-order valence-electron chi connectivity index (χ0n) is 14.6. The molecule has 0 aliphatic heterocycles. The maximum atomic E-state index is 12.1. The van der Waals surface area contributed by atoms with E-state index in [0.717, 1.165) is 17.5 Å². The van der Waals surface area contributed by atoms with E-state index in [0.29, 0.717) is 5.92 Å². The summed E-state index contributed by atoms with van der Waals surface area (Å²) in [6, 6.07) is 9.45. The van der Waals surface area contributed by atoms with E-state index in [9.17, 15) is 4.79 Å². The van der Waals surface area contributed by atoms with Gasteiger partial charge in [-0.2, -0.15) is 0 Å². The zero-order chi connectivity index (χ0) is 17.9. The fraction of sp³-hybridized carbons (Fsp3) is 0.381. The molecule has 25 heavy (non-hydrogen) atoms. The van der Waals surface area contributed by atoms with Gasteiger partial charge in [0.05, 0.1) is 13.0 Å². The summed E-state index contributed by atoms with van der Waals surface area (Å²) in [4.78, 5) is 19.4. The highest BCUT2D eigenvalue weighted by atomic mass is 16.5. The average Bonchev–Trinajstić information content (AvgIpc) is 3.20. The van der Waals surface area contributed by atoms with Crippen molar-refractivity contribution in [2.75, 3.05) is 7.11 Å². The third-order valence-electron chi connectivity index (χ3n) is 4.50. The smallest absolute Gasteiger partial charge is 0.313 e. The number of hydrogen-bond donors (Lipinski definition) is 0. The molecule has 1 fully saturated rings. The number of carbonyl (C=O) groups excluding carboxylic acids is 1. The minimum atomic E-state index is -0.222. The molecule has 4 heteroatoms. The van der Waals surface area contributed by atoms with Crippen molar-refractivity contribution in [2.24, 2.45) is 5.92 Å². The number of rotatable bonds is 4. The number of ether oxygens (including phenoxy) is 1. The van der Waals surface area contributed by atoms with Gasteiger partial charge in [-0.15, -0.1) is 6.42 Å². The van der Waals surface area contributed by atoms with E-state index in [-0.39, 0.29) is 11.9 Å². The molecule has 0 N–H and O–H groups in total. The van der Waals surface area contributed by atoms with Crippen LogP contribution in [0, 0.1) is 18.3 Å². The van der Waals surface area contributed by atoms with Crippen LogP contribution >= 0.6 is 0 Å². The standard InChI is InChI=1S/C17H20O2.C4H4N2/c1-3-14-10-6-7-11-15(14)16(17(18)19-2)12-13-8-4-5-9-13;1-2-5-4-6-3-1/h1,6-7,10-11,13,16H,4-5,8-9,12H2,2H3;1-4H. The highest BCUT2D eigenvalue weighted by molar-refractivity contribution is 5.79. The van der Waals surface area contributed by atoms with Crippen molar-refractivity contribution in [2.45, 2.75) is 38.0 Å². The molecule has 0 spiro atoms. The minimum Gasteiger partial charge on any atom is -0.469 e. The number of nitrogens with zero attached hydrogens (tertiary/aromatic N) is 2. The van der Waals surface area contributed by atoms with E-state index in [4.69, 9.17) is 11.2 Å². The van der Waals surface area contributed by atoms with E-state index in [2.05, 4.69) is 15.9 Å². The van der Waals surface area contributed by atoms with E-state index < -0.39 is 0 Å². The Balaban J connectivity index is 0.000000316. The molecule has 1 aliphatic rings. The summed E-state index contributed by atoms with van der Waals surface area (Å²) in [6.07, 6.45) is 16.2. The average molecular weight is 336 g/mol. The monoisotopic (exact) mass is 336 g/mol. The van der Waals surface area contributed by atoms with Crippen LogP contribution in [0.1, 0.15) is 49.1 Å². The summed E-state index contributed by atoms with van der Waals surface area (Å²) in [6.45, 7) is 0. The Morgan fingerprint density at radius 1 is 1.24 bits per heavy atom. The summed E-state index contributed by atoms with van der Waals surface area (Å²) < 4.78 is 4.97. The van der Waals surface area contributed by atoms with Crippen LogP contribution < -0.4 is 0 Å². The van der Waals surface area contributed by atoms with Gasteiger partial charge in [-0.25, -0.2) is 9.97 Å². The molecule has 1 unspecified atom stereocenters. The molecule has 1 aliphatic carbocycles. The van der Waals surface area contributed by atoms with Crippen molar-refractivity contribution in [3.63, 3.8) is 0 Å². The molecule has 1 atom stereocenters. The van der Waals surface area contributed by atoms with E-state index >= 15 is 0 Å². The Hall–Kier alpha value is -2.67. The SMILES string of the molecule is C#Cc1ccccc1C(CC1CCCC1)C(=O)OC.c1cncnc1. The molecule has 0 radical (unpaired) electrons. The van der Waals surface area contributed by atoms with Crippen LogP contribution in [0.25, 0.3) is 0 Å². The summed E-state index contributed by atoms with van der Waals surface area (Å²) in [5, 5.41) is 0. The first kappa shape index (κ1) is 18.7. The second-order valence-electron chi connectivity index (χ2n) is 6.10. The summed E-state index contributed by atoms with van der Waals surface area (Å²) in [7, 11) is 1.45. The Kier molecular flexibility index (Phi) is 7.65. The Labute approximate surface area is 149 Å². The minimum absolute atomic E-state index is 0.172. The number of aromatic nitrogens is 2. The lowest BCUT2D eigenvalue weighted by Gasteiger charge is -2.20. The summed E-state index contributed by atoms with van der Waals surface area (Å²) >= 11 is 0. The first-order chi connectivity index (χ1) is 12.3. The molecular formula is C21H24N2O2. The Morgan fingerprint density at radius 2 is 1.92 bits per heavy atom. The lowest BCUT2D eigenvalue weighted by Crippen LogP contribution is -2.18. The Bertz CT molecular complexity index is 662. The molecule has 1 saturated carbocycles. The predicted octanol–water partition coefficient (Wildman–Crippen LogP) is 3.98. The van der Waals surface area contributed by atoms with Crippen LogP contribution in [0.5, 0.6) is 0 Å². The lowest BCUT2D eigenvalue weighted by atomic mass is 9.85. The van der Waals surface area contributed by atoms with Gasteiger partial charge in [0.2, 0.25) is 0 Å². The third kappa shape index (κ3) is 5.72. The second kappa shape index (κ2) is 10.2. The first-order valence-electron chi connectivity index (χ1n) is 8.59. The molecule has 0 saturated heterocycles. The first-order valence-corrected chi connectivity index (χ1v) is 8.59. The maximum absolute atomic E-state index is 12.1. The van der Waals surface area contributed by atoms with Crippen molar-refractivity contribution >= 4 is 5.97 Å². The van der Waals surface area contributed by atoms with Gasteiger partial charge >= 0.3 is 5.97 Å². The summed E-state index contributed by atoms with van der Waals surface area (Å²) in [5.74, 6) is 2.90. The molecular weight excluding hydrogens is 312 g/mol. The van der Waals surface area contributed by atoms with Crippen molar-refractivity contribution in [3.8, 4) is 12.3 Å². The van der Waals surface area contributed by atoms with Crippen LogP contribution in [-0.2, 0) is 9.53 Å². The van der Waals surface area contributed by atoms with Gasteiger partial charge in [-0.05, 0) is 30.0 Å². The fourth-order valence-electron chi connectivity index (χ4n) is 3.26. The van der Waals surface area contributed by atoms with Crippen molar-refractivity contribution in [1.29, 1.82) is 0 Å². The molecule has 2 aromatic rings. The van der Waals surface area contributed by atoms with Gasteiger partial charge in [-0.1, -0.05) is 49.8 Å². The van der Waals surface area contributed by atoms with E-state index in [1.54, 1.807) is 18.5 Å². The van der Waals surface area contributed by atoms with Crippen LogP contribution in [0.4, 0.5) is 0 Å². The van der Waals surface area contributed by atoms with Crippen LogP contribution in [0.15, 0.2) is 49.1 Å². The second-order valence-corrected chi connectivity index (χ2v) is 6.10. The maximum Gasteiger partial charge on any atom is 0.313 e. The van der Waals surface area contributed by atoms with Gasteiger partial charge in [0.25, 0.3) is 0 Å². The van der Waals surface area contributed by atoms with E-state index in [1.165, 1.54) is 39.1 Å². The number of benzene rings is 1. The summed E-state index contributed by atoms with van der Waals surface area (Å²) in [5.41, 5.74) is 1.74. The van der Waals surface area contributed by atoms with E-state index in [1.807, 2.05) is 24.3 Å². The predicted molar refractivity (Wildman–Crippen MR) is 97.7 cm³/mol.